The van der Waals surface area contributed by atoms with Crippen molar-refractivity contribution < 1.29 is 14.3 Å². The Morgan fingerprint density at radius 2 is 1.93 bits per heavy atom. The SMILES string of the molecule is CC(CO)N1CCOC2(C[C@H]3CC[C@@H](C2)N3Cc2nnc(-c3ccccc3)o2)C1. The fraction of sp³-hybridized carbons (Fsp3) is 0.636. The Morgan fingerprint density at radius 1 is 1.17 bits per heavy atom. The molecule has 0 saturated carbocycles. The van der Waals surface area contributed by atoms with Crippen LogP contribution < -0.4 is 0 Å². The van der Waals surface area contributed by atoms with E-state index in [4.69, 9.17) is 9.15 Å². The predicted octanol–water partition coefficient (Wildman–Crippen LogP) is 2.32. The molecule has 156 valence electrons. The van der Waals surface area contributed by atoms with Crippen molar-refractivity contribution in [2.45, 2.75) is 62.9 Å². The van der Waals surface area contributed by atoms with Crippen LogP contribution in [0.5, 0.6) is 0 Å². The largest absolute Gasteiger partial charge is 0.419 e. The summed E-state index contributed by atoms with van der Waals surface area (Å²) in [7, 11) is 0. The number of morpholine rings is 1. The lowest BCUT2D eigenvalue weighted by Crippen LogP contribution is -2.61. The minimum atomic E-state index is -0.0753. The molecule has 3 aliphatic rings. The van der Waals surface area contributed by atoms with E-state index in [0.29, 0.717) is 30.4 Å². The van der Waals surface area contributed by atoms with E-state index in [1.165, 1.54) is 12.8 Å². The molecule has 1 aromatic carbocycles. The Labute approximate surface area is 171 Å². The summed E-state index contributed by atoms with van der Waals surface area (Å²) in [4.78, 5) is 4.94. The van der Waals surface area contributed by atoms with Gasteiger partial charge in [-0.1, -0.05) is 18.2 Å². The third-order valence-corrected chi connectivity index (χ3v) is 6.96. The monoisotopic (exact) mass is 398 g/mol. The lowest BCUT2D eigenvalue weighted by Gasteiger charge is -2.51. The molecule has 0 amide bonds. The summed E-state index contributed by atoms with van der Waals surface area (Å²) in [5.74, 6) is 1.28. The Balaban J connectivity index is 1.27. The third-order valence-electron chi connectivity index (χ3n) is 6.96. The lowest BCUT2D eigenvalue weighted by molar-refractivity contribution is -0.159. The minimum Gasteiger partial charge on any atom is -0.419 e. The molecule has 2 aromatic rings. The van der Waals surface area contributed by atoms with Crippen molar-refractivity contribution in [3.8, 4) is 11.5 Å². The summed E-state index contributed by atoms with van der Waals surface area (Å²) in [6.07, 6.45) is 4.48. The molecule has 29 heavy (non-hydrogen) atoms. The van der Waals surface area contributed by atoms with Crippen molar-refractivity contribution in [1.29, 1.82) is 0 Å². The number of hydrogen-bond donors (Lipinski definition) is 1. The maximum atomic E-state index is 9.57. The highest BCUT2D eigenvalue weighted by Crippen LogP contribution is 2.44. The first-order chi connectivity index (χ1) is 14.2. The first-order valence-corrected chi connectivity index (χ1v) is 10.8. The molecular weight excluding hydrogens is 368 g/mol. The van der Waals surface area contributed by atoms with Crippen molar-refractivity contribution >= 4 is 0 Å². The van der Waals surface area contributed by atoms with Gasteiger partial charge in [-0.15, -0.1) is 10.2 Å². The standard InChI is InChI=1S/C22H30N4O3/c1-16(14-27)25-9-10-28-22(15-25)11-18-7-8-19(12-22)26(18)13-20-23-24-21(29-20)17-5-3-2-4-6-17/h2-6,16,18-19,27H,7-15H2,1H3/t16?,18-,19+,22?. The van der Waals surface area contributed by atoms with E-state index >= 15 is 0 Å². The highest BCUT2D eigenvalue weighted by atomic mass is 16.5. The zero-order valence-corrected chi connectivity index (χ0v) is 17.0. The molecule has 3 aliphatic heterocycles. The van der Waals surface area contributed by atoms with Crippen LogP contribution >= 0.6 is 0 Å². The van der Waals surface area contributed by atoms with Crippen molar-refractivity contribution in [3.05, 3.63) is 36.2 Å². The summed E-state index contributed by atoms with van der Waals surface area (Å²) in [6, 6.07) is 11.1. The summed E-state index contributed by atoms with van der Waals surface area (Å²) >= 11 is 0. The number of hydrogen-bond acceptors (Lipinski definition) is 7. The fourth-order valence-electron chi connectivity index (χ4n) is 5.44. The van der Waals surface area contributed by atoms with Gasteiger partial charge in [0.25, 0.3) is 0 Å². The van der Waals surface area contributed by atoms with Crippen LogP contribution in [0.2, 0.25) is 0 Å². The minimum absolute atomic E-state index is 0.0753. The molecule has 3 fully saturated rings. The lowest BCUT2D eigenvalue weighted by atomic mass is 9.84. The maximum absolute atomic E-state index is 9.57. The third kappa shape index (κ3) is 3.72. The van der Waals surface area contributed by atoms with Crippen LogP contribution in [-0.2, 0) is 11.3 Å². The molecular formula is C22H30N4O3. The first kappa shape index (κ1) is 19.2. The molecule has 2 unspecified atom stereocenters. The van der Waals surface area contributed by atoms with Gasteiger partial charge < -0.3 is 14.3 Å². The zero-order chi connectivity index (χ0) is 19.8. The summed E-state index contributed by atoms with van der Waals surface area (Å²) in [5.41, 5.74) is 0.883. The van der Waals surface area contributed by atoms with Gasteiger partial charge in [0.15, 0.2) is 0 Å². The molecule has 4 heterocycles. The van der Waals surface area contributed by atoms with Crippen molar-refractivity contribution in [1.82, 2.24) is 20.0 Å². The van der Waals surface area contributed by atoms with Crippen LogP contribution in [-0.4, -0.2) is 75.1 Å². The molecule has 3 saturated heterocycles. The molecule has 1 N–H and O–H groups in total. The Morgan fingerprint density at radius 3 is 2.66 bits per heavy atom. The molecule has 4 atom stereocenters. The number of piperidine rings is 1. The van der Waals surface area contributed by atoms with Crippen LogP contribution in [0.15, 0.2) is 34.7 Å². The molecule has 1 spiro atoms. The molecule has 7 nitrogen and oxygen atoms in total. The van der Waals surface area contributed by atoms with Crippen LogP contribution in [0.1, 0.15) is 38.5 Å². The summed E-state index contributed by atoms with van der Waals surface area (Å²) in [5, 5.41) is 18.1. The van der Waals surface area contributed by atoms with Crippen molar-refractivity contribution in [3.63, 3.8) is 0 Å². The quantitative estimate of drug-likeness (QED) is 0.828. The average Bonchev–Trinajstić information content (AvgIpc) is 3.32. The van der Waals surface area contributed by atoms with Crippen LogP contribution in [0, 0.1) is 0 Å². The van der Waals surface area contributed by atoms with E-state index in [-0.39, 0.29) is 18.2 Å². The number of rotatable bonds is 5. The smallest absolute Gasteiger partial charge is 0.247 e. The summed E-state index contributed by atoms with van der Waals surface area (Å²) in [6.45, 7) is 5.61. The molecule has 0 aliphatic carbocycles. The van der Waals surface area contributed by atoms with Gasteiger partial charge in [-0.25, -0.2) is 0 Å². The second kappa shape index (κ2) is 7.80. The number of fused-ring (bicyclic) bond motifs is 2. The van der Waals surface area contributed by atoms with Gasteiger partial charge in [0.1, 0.15) is 0 Å². The van der Waals surface area contributed by atoms with E-state index in [1.54, 1.807) is 0 Å². The topological polar surface area (TPSA) is 74.9 Å². The number of aliphatic hydroxyl groups excluding tert-OH is 1. The van der Waals surface area contributed by atoms with Gasteiger partial charge in [0, 0.05) is 36.8 Å². The van der Waals surface area contributed by atoms with Gasteiger partial charge in [0.05, 0.1) is 25.4 Å². The number of ether oxygens (including phenoxy) is 1. The predicted molar refractivity (Wildman–Crippen MR) is 108 cm³/mol. The van der Waals surface area contributed by atoms with E-state index < -0.39 is 0 Å². The van der Waals surface area contributed by atoms with Gasteiger partial charge in [-0.3, -0.25) is 9.80 Å². The number of benzene rings is 1. The zero-order valence-electron chi connectivity index (χ0n) is 17.0. The van der Waals surface area contributed by atoms with Crippen molar-refractivity contribution in [2.75, 3.05) is 26.3 Å². The van der Waals surface area contributed by atoms with Gasteiger partial charge >= 0.3 is 0 Å². The Hall–Kier alpha value is -1.80. The van der Waals surface area contributed by atoms with E-state index in [2.05, 4.69) is 26.9 Å². The molecule has 0 radical (unpaired) electrons. The van der Waals surface area contributed by atoms with Crippen LogP contribution in [0.3, 0.4) is 0 Å². The number of aromatic nitrogens is 2. The van der Waals surface area contributed by atoms with Crippen LogP contribution in [0.25, 0.3) is 11.5 Å². The Bertz CT molecular complexity index is 812. The Kier molecular flexibility index (Phi) is 5.16. The average molecular weight is 399 g/mol. The first-order valence-electron chi connectivity index (χ1n) is 10.8. The number of nitrogens with zero attached hydrogens (tertiary/aromatic N) is 4. The van der Waals surface area contributed by atoms with Crippen molar-refractivity contribution in [2.24, 2.45) is 0 Å². The van der Waals surface area contributed by atoms with E-state index in [9.17, 15) is 5.11 Å². The second-order valence-electron chi connectivity index (χ2n) is 8.87. The molecule has 1 aromatic heterocycles. The van der Waals surface area contributed by atoms with Gasteiger partial charge in [-0.2, -0.15) is 0 Å². The molecule has 2 bridgehead atoms. The second-order valence-corrected chi connectivity index (χ2v) is 8.87. The normalized spacial score (nSPS) is 31.4. The fourth-order valence-corrected chi connectivity index (χ4v) is 5.44. The highest BCUT2D eigenvalue weighted by Gasteiger charge is 2.51. The van der Waals surface area contributed by atoms with Crippen LogP contribution in [0.4, 0.5) is 0 Å². The highest BCUT2D eigenvalue weighted by molar-refractivity contribution is 5.51. The van der Waals surface area contributed by atoms with Gasteiger partial charge in [0.2, 0.25) is 11.8 Å². The molecule has 5 rings (SSSR count). The maximum Gasteiger partial charge on any atom is 0.247 e. The van der Waals surface area contributed by atoms with E-state index in [1.807, 2.05) is 30.3 Å². The summed E-state index contributed by atoms with van der Waals surface area (Å²) < 4.78 is 12.3. The van der Waals surface area contributed by atoms with E-state index in [0.717, 1.165) is 38.1 Å². The number of aliphatic hydroxyl groups is 1. The molecule has 7 heteroatoms. The van der Waals surface area contributed by atoms with Gasteiger partial charge in [-0.05, 0) is 44.7 Å².